The number of benzene rings is 3. The van der Waals surface area contributed by atoms with Gasteiger partial charge in [0.1, 0.15) is 17.4 Å². The molecule has 6 heteroatoms. The van der Waals surface area contributed by atoms with Gasteiger partial charge in [-0.15, -0.1) is 0 Å². The van der Waals surface area contributed by atoms with Gasteiger partial charge in [0, 0.05) is 27.7 Å². The van der Waals surface area contributed by atoms with E-state index in [0.29, 0.717) is 40.1 Å². The summed E-state index contributed by atoms with van der Waals surface area (Å²) in [5.41, 5.74) is 3.91. The Morgan fingerprint density at radius 1 is 1.09 bits per heavy atom. The molecule has 1 amide bonds. The molecule has 3 aromatic rings. The summed E-state index contributed by atoms with van der Waals surface area (Å²) in [4.78, 5) is 12.6. The zero-order valence-electron chi connectivity index (χ0n) is 17.8. The Hall–Kier alpha value is -3.26. The Morgan fingerprint density at radius 3 is 2.56 bits per heavy atom. The van der Waals surface area contributed by atoms with Crippen molar-refractivity contribution in [2.45, 2.75) is 20.3 Å². The predicted octanol–water partition coefficient (Wildman–Crippen LogP) is 6.84. The van der Waals surface area contributed by atoms with Crippen molar-refractivity contribution < 1.29 is 9.53 Å². The maximum Gasteiger partial charge on any atom is 0.266 e. The summed E-state index contributed by atoms with van der Waals surface area (Å²) in [6.45, 7) is 4.25. The van der Waals surface area contributed by atoms with Gasteiger partial charge < -0.3 is 10.1 Å². The van der Waals surface area contributed by atoms with E-state index in [9.17, 15) is 10.1 Å². The number of nitrogens with zero attached hydrogens (tertiary/aromatic N) is 1. The molecule has 0 aliphatic heterocycles. The number of aryl methyl sites for hydroxylation is 1. The Bertz CT molecular complexity index is 1210. The van der Waals surface area contributed by atoms with E-state index in [1.165, 1.54) is 6.08 Å². The summed E-state index contributed by atoms with van der Waals surface area (Å²) in [5.74, 6) is 0.0925. The van der Waals surface area contributed by atoms with Crippen molar-refractivity contribution in [2.75, 3.05) is 11.9 Å². The molecule has 3 aromatic carbocycles. The molecule has 162 valence electrons. The first kappa shape index (κ1) is 23.4. The van der Waals surface area contributed by atoms with Crippen LogP contribution in [-0.4, -0.2) is 12.5 Å². The number of carbonyl (C=O) groups is 1. The molecule has 3 rings (SSSR count). The van der Waals surface area contributed by atoms with Crippen molar-refractivity contribution in [1.82, 2.24) is 0 Å². The molecule has 0 radical (unpaired) electrons. The summed E-state index contributed by atoms with van der Waals surface area (Å²) < 4.78 is 5.81. The molecular formula is C26H22Cl2N2O2. The molecule has 32 heavy (non-hydrogen) atoms. The van der Waals surface area contributed by atoms with Gasteiger partial charge in [0.15, 0.2) is 0 Å². The summed E-state index contributed by atoms with van der Waals surface area (Å²) in [6.07, 6.45) is 2.00. The molecule has 0 saturated carbocycles. The normalized spacial score (nSPS) is 11.0. The summed E-state index contributed by atoms with van der Waals surface area (Å²) >= 11 is 12.9. The van der Waals surface area contributed by atoms with Crippen molar-refractivity contribution in [3.63, 3.8) is 0 Å². The zero-order valence-corrected chi connectivity index (χ0v) is 19.3. The van der Waals surface area contributed by atoms with Crippen LogP contribution in [0.15, 0.2) is 66.2 Å². The SMILES string of the molecule is CCOc1cc(/C=C(\C#N)C(=O)Nc2cccc(C)c2)cc(Cl)c1Cc1ccccc1Cl. The first-order valence-corrected chi connectivity index (χ1v) is 10.8. The summed E-state index contributed by atoms with van der Waals surface area (Å²) in [7, 11) is 0. The molecule has 0 saturated heterocycles. The fourth-order valence-electron chi connectivity index (χ4n) is 3.24. The molecule has 1 N–H and O–H groups in total. The maximum absolute atomic E-state index is 12.6. The lowest BCUT2D eigenvalue weighted by Gasteiger charge is -2.14. The quantitative estimate of drug-likeness (QED) is 0.307. The van der Waals surface area contributed by atoms with E-state index >= 15 is 0 Å². The monoisotopic (exact) mass is 464 g/mol. The van der Waals surface area contributed by atoms with Gasteiger partial charge in [0.25, 0.3) is 5.91 Å². The topological polar surface area (TPSA) is 62.1 Å². The number of ether oxygens (including phenoxy) is 1. The van der Waals surface area contributed by atoms with E-state index in [-0.39, 0.29) is 5.57 Å². The smallest absolute Gasteiger partial charge is 0.266 e. The third kappa shape index (κ3) is 5.91. The highest BCUT2D eigenvalue weighted by Crippen LogP contribution is 2.33. The molecule has 0 unspecified atom stereocenters. The Kier molecular flexibility index (Phi) is 7.94. The predicted molar refractivity (Wildman–Crippen MR) is 130 cm³/mol. The van der Waals surface area contributed by atoms with Crippen LogP contribution in [0.25, 0.3) is 6.08 Å². The van der Waals surface area contributed by atoms with Crippen LogP contribution in [-0.2, 0) is 11.2 Å². The number of amides is 1. The molecule has 0 bridgehead atoms. The molecule has 0 heterocycles. The van der Waals surface area contributed by atoms with Crippen LogP contribution in [0.5, 0.6) is 5.75 Å². The van der Waals surface area contributed by atoms with Gasteiger partial charge >= 0.3 is 0 Å². The molecule has 4 nitrogen and oxygen atoms in total. The van der Waals surface area contributed by atoms with E-state index in [4.69, 9.17) is 27.9 Å². The Balaban J connectivity index is 1.92. The largest absolute Gasteiger partial charge is 0.494 e. The van der Waals surface area contributed by atoms with E-state index < -0.39 is 5.91 Å². The molecule has 0 aliphatic rings. The van der Waals surface area contributed by atoms with Gasteiger partial charge in [-0.3, -0.25) is 4.79 Å². The van der Waals surface area contributed by atoms with Crippen molar-refractivity contribution in [2.24, 2.45) is 0 Å². The van der Waals surface area contributed by atoms with Crippen LogP contribution in [0.2, 0.25) is 10.0 Å². The van der Waals surface area contributed by atoms with Crippen molar-refractivity contribution >= 4 is 40.9 Å². The minimum absolute atomic E-state index is 0.0381. The lowest BCUT2D eigenvalue weighted by Crippen LogP contribution is -2.13. The van der Waals surface area contributed by atoms with E-state index in [2.05, 4.69) is 5.32 Å². The van der Waals surface area contributed by atoms with Crippen LogP contribution >= 0.6 is 23.2 Å². The van der Waals surface area contributed by atoms with Crippen LogP contribution < -0.4 is 10.1 Å². The Morgan fingerprint density at radius 2 is 1.88 bits per heavy atom. The van der Waals surface area contributed by atoms with Crippen LogP contribution in [0, 0.1) is 18.3 Å². The third-order valence-corrected chi connectivity index (χ3v) is 5.46. The highest BCUT2D eigenvalue weighted by Gasteiger charge is 2.15. The van der Waals surface area contributed by atoms with E-state index in [0.717, 1.165) is 16.7 Å². The fraction of sp³-hybridized carbons (Fsp3) is 0.154. The average molecular weight is 465 g/mol. The number of nitriles is 1. The Labute approximate surface area is 198 Å². The standard InChI is InChI=1S/C26H22Cl2N2O2/c1-3-32-25-14-18(13-24(28)22(25)15-19-8-4-5-10-23(19)27)12-20(16-29)26(31)30-21-9-6-7-17(2)11-21/h4-14H,3,15H2,1-2H3,(H,30,31)/b20-12+. The summed E-state index contributed by atoms with van der Waals surface area (Å²) in [6, 6.07) is 20.4. The number of rotatable bonds is 7. The lowest BCUT2D eigenvalue weighted by molar-refractivity contribution is -0.112. The number of hydrogen-bond donors (Lipinski definition) is 1. The zero-order chi connectivity index (χ0) is 23.1. The highest BCUT2D eigenvalue weighted by atomic mass is 35.5. The average Bonchev–Trinajstić information content (AvgIpc) is 2.75. The number of hydrogen-bond acceptors (Lipinski definition) is 3. The van der Waals surface area contributed by atoms with Crippen molar-refractivity contribution in [3.8, 4) is 11.8 Å². The second-order valence-electron chi connectivity index (χ2n) is 7.17. The van der Waals surface area contributed by atoms with Crippen LogP contribution in [0.4, 0.5) is 5.69 Å². The van der Waals surface area contributed by atoms with E-state index in [1.807, 2.05) is 62.4 Å². The van der Waals surface area contributed by atoms with Crippen molar-refractivity contribution in [3.05, 3.63) is 98.5 Å². The molecular weight excluding hydrogens is 443 g/mol. The molecule has 0 aromatic heterocycles. The first-order valence-electron chi connectivity index (χ1n) is 10.1. The maximum atomic E-state index is 12.6. The number of nitrogens with one attached hydrogen (secondary N) is 1. The van der Waals surface area contributed by atoms with Gasteiger partial charge in [-0.05, 0) is 66.9 Å². The third-order valence-electron chi connectivity index (χ3n) is 4.75. The van der Waals surface area contributed by atoms with Crippen molar-refractivity contribution in [1.29, 1.82) is 5.26 Å². The van der Waals surface area contributed by atoms with Gasteiger partial charge in [0.05, 0.1) is 6.61 Å². The summed E-state index contributed by atoms with van der Waals surface area (Å²) in [5, 5.41) is 13.4. The number of carbonyl (C=O) groups excluding carboxylic acids is 1. The lowest BCUT2D eigenvalue weighted by atomic mass is 10.0. The molecule has 0 atom stereocenters. The molecule has 0 spiro atoms. The second-order valence-corrected chi connectivity index (χ2v) is 7.99. The van der Waals surface area contributed by atoms with Gasteiger partial charge in [-0.2, -0.15) is 5.26 Å². The fourth-order valence-corrected chi connectivity index (χ4v) is 3.73. The molecule has 0 fully saturated rings. The van der Waals surface area contributed by atoms with Crippen LogP contribution in [0.3, 0.4) is 0 Å². The van der Waals surface area contributed by atoms with Gasteiger partial charge in [-0.1, -0.05) is 53.5 Å². The number of anilines is 1. The number of halogens is 2. The van der Waals surface area contributed by atoms with E-state index in [1.54, 1.807) is 18.2 Å². The highest BCUT2D eigenvalue weighted by molar-refractivity contribution is 6.32. The van der Waals surface area contributed by atoms with Gasteiger partial charge in [-0.25, -0.2) is 0 Å². The first-order chi connectivity index (χ1) is 15.4. The van der Waals surface area contributed by atoms with Gasteiger partial charge in [0.2, 0.25) is 0 Å². The molecule has 0 aliphatic carbocycles. The van der Waals surface area contributed by atoms with Crippen LogP contribution in [0.1, 0.15) is 29.2 Å². The minimum Gasteiger partial charge on any atom is -0.494 e. The second kappa shape index (κ2) is 10.9. The minimum atomic E-state index is -0.493.